The van der Waals surface area contributed by atoms with Gasteiger partial charge in [-0.05, 0) is 32.1 Å². The predicted octanol–water partition coefficient (Wildman–Crippen LogP) is 2.15. The molecule has 2 N–H and O–H groups in total. The largest absolute Gasteiger partial charge is 0.395 e. The van der Waals surface area contributed by atoms with Gasteiger partial charge in [-0.2, -0.15) is 0 Å². The summed E-state index contributed by atoms with van der Waals surface area (Å²) in [4.78, 5) is 0. The van der Waals surface area contributed by atoms with Gasteiger partial charge in [0.15, 0.2) is 0 Å². The Morgan fingerprint density at radius 1 is 1.20 bits per heavy atom. The van der Waals surface area contributed by atoms with Crippen LogP contribution in [0.5, 0.6) is 0 Å². The number of hydrogen-bond donors (Lipinski definition) is 2. The molecule has 0 rings (SSSR count). The van der Waals surface area contributed by atoms with Crippen LogP contribution in [0.1, 0.15) is 47.0 Å². The quantitative estimate of drug-likeness (QED) is 0.581. The van der Waals surface area contributed by atoms with Gasteiger partial charge >= 0.3 is 0 Å². The van der Waals surface area contributed by atoms with Gasteiger partial charge in [-0.25, -0.2) is 0 Å². The summed E-state index contributed by atoms with van der Waals surface area (Å²) in [6, 6.07) is 0.170. The lowest BCUT2D eigenvalue weighted by Crippen LogP contribution is -2.42. The van der Waals surface area contributed by atoms with Crippen molar-refractivity contribution in [3.8, 4) is 0 Å². The summed E-state index contributed by atoms with van der Waals surface area (Å²) in [7, 11) is 0. The molecule has 0 aliphatic carbocycles. The molecule has 0 heterocycles. The lowest BCUT2D eigenvalue weighted by atomic mass is 10.0. The molecule has 92 valence electrons. The molecule has 0 aromatic carbocycles. The molecule has 0 aliphatic rings. The molecule has 0 saturated heterocycles. The molecule has 0 saturated carbocycles. The number of ether oxygens (including phenoxy) is 1. The van der Waals surface area contributed by atoms with Gasteiger partial charge < -0.3 is 9.84 Å². The van der Waals surface area contributed by atoms with Crippen LogP contribution in [0.4, 0.5) is 0 Å². The molecule has 2 unspecified atom stereocenters. The lowest BCUT2D eigenvalue weighted by molar-refractivity contribution is 0.0190. The highest BCUT2D eigenvalue weighted by molar-refractivity contribution is 4.68. The van der Waals surface area contributed by atoms with E-state index in [9.17, 15) is 5.11 Å². The Hall–Kier alpha value is -0.120. The highest BCUT2D eigenvalue weighted by Crippen LogP contribution is 2.08. The normalized spacial score (nSPS) is 15.6. The van der Waals surface area contributed by atoms with Crippen LogP contribution in [0.2, 0.25) is 0 Å². The molecule has 0 aromatic heterocycles. The first kappa shape index (κ1) is 14.9. The summed E-state index contributed by atoms with van der Waals surface area (Å²) in [6.45, 7) is 9.39. The zero-order chi connectivity index (χ0) is 11.7. The molecule has 0 amide bonds. The first-order valence-corrected chi connectivity index (χ1v) is 6.12. The van der Waals surface area contributed by atoms with Gasteiger partial charge in [-0.1, -0.05) is 20.8 Å². The Kier molecular flexibility index (Phi) is 9.06. The first-order valence-electron chi connectivity index (χ1n) is 6.12. The molecular weight excluding hydrogens is 190 g/mol. The third kappa shape index (κ3) is 7.77. The van der Waals surface area contributed by atoms with Crippen molar-refractivity contribution in [3.05, 3.63) is 0 Å². The summed E-state index contributed by atoms with van der Waals surface area (Å²) in [5.41, 5.74) is 0. The summed E-state index contributed by atoms with van der Waals surface area (Å²) in [5.74, 6) is 0.688. The maximum Gasteiger partial charge on any atom is 0.108 e. The van der Waals surface area contributed by atoms with Gasteiger partial charge in [-0.15, -0.1) is 0 Å². The predicted molar refractivity (Wildman–Crippen MR) is 63.8 cm³/mol. The summed E-state index contributed by atoms with van der Waals surface area (Å²) in [6.07, 6.45) is 3.17. The van der Waals surface area contributed by atoms with E-state index < -0.39 is 0 Å². The van der Waals surface area contributed by atoms with E-state index in [1.54, 1.807) is 0 Å². The zero-order valence-electron chi connectivity index (χ0n) is 10.6. The molecule has 0 fully saturated rings. The Balaban J connectivity index is 3.83. The fraction of sp³-hybridized carbons (Fsp3) is 1.00. The molecular formula is C12H27NO2. The number of aliphatic hydroxyl groups excluding tert-OH is 1. The number of nitrogens with one attached hydrogen (secondary N) is 1. The van der Waals surface area contributed by atoms with Crippen molar-refractivity contribution < 1.29 is 9.84 Å². The second kappa shape index (κ2) is 9.13. The molecule has 0 spiro atoms. The van der Waals surface area contributed by atoms with E-state index in [1.807, 2.05) is 6.92 Å². The van der Waals surface area contributed by atoms with E-state index in [2.05, 4.69) is 26.1 Å². The average Bonchev–Trinajstić information content (AvgIpc) is 2.22. The molecule has 15 heavy (non-hydrogen) atoms. The number of aliphatic hydroxyl groups is 1. The molecule has 0 aliphatic heterocycles. The molecule has 2 atom stereocenters. The second-order valence-corrected chi connectivity index (χ2v) is 4.37. The average molecular weight is 217 g/mol. The zero-order valence-corrected chi connectivity index (χ0v) is 10.6. The van der Waals surface area contributed by atoms with Crippen molar-refractivity contribution in [2.75, 3.05) is 13.2 Å². The fourth-order valence-electron chi connectivity index (χ4n) is 1.51. The van der Waals surface area contributed by atoms with Crippen molar-refractivity contribution in [2.45, 2.75) is 59.2 Å². The van der Waals surface area contributed by atoms with Crippen LogP contribution >= 0.6 is 0 Å². The van der Waals surface area contributed by atoms with Gasteiger partial charge in [0, 0.05) is 12.6 Å². The SMILES string of the molecule is CCOC(CC)NC(CO)CCC(C)C. The van der Waals surface area contributed by atoms with Gasteiger partial charge in [0.25, 0.3) is 0 Å². The third-order valence-corrected chi connectivity index (χ3v) is 2.47. The van der Waals surface area contributed by atoms with Crippen molar-refractivity contribution in [3.63, 3.8) is 0 Å². The first-order chi connectivity index (χ1) is 7.13. The van der Waals surface area contributed by atoms with E-state index in [-0.39, 0.29) is 18.9 Å². The molecule has 0 radical (unpaired) electrons. The minimum absolute atomic E-state index is 0.0827. The van der Waals surface area contributed by atoms with Crippen LogP contribution in [0.15, 0.2) is 0 Å². The fourth-order valence-corrected chi connectivity index (χ4v) is 1.51. The summed E-state index contributed by atoms with van der Waals surface area (Å²) in [5, 5.41) is 12.6. The number of hydrogen-bond acceptors (Lipinski definition) is 3. The van der Waals surface area contributed by atoms with Crippen molar-refractivity contribution in [1.29, 1.82) is 0 Å². The van der Waals surface area contributed by atoms with Crippen LogP contribution in [0.25, 0.3) is 0 Å². The van der Waals surface area contributed by atoms with Crippen LogP contribution in [0, 0.1) is 5.92 Å². The lowest BCUT2D eigenvalue weighted by Gasteiger charge is -2.24. The second-order valence-electron chi connectivity index (χ2n) is 4.37. The summed E-state index contributed by atoms with van der Waals surface area (Å²) >= 11 is 0. The Bertz CT molecular complexity index is 140. The summed E-state index contributed by atoms with van der Waals surface area (Å²) < 4.78 is 5.51. The van der Waals surface area contributed by atoms with E-state index >= 15 is 0 Å². The maximum atomic E-state index is 9.23. The Labute approximate surface area is 94.2 Å². The highest BCUT2D eigenvalue weighted by Gasteiger charge is 2.13. The third-order valence-electron chi connectivity index (χ3n) is 2.47. The van der Waals surface area contributed by atoms with E-state index in [0.717, 1.165) is 19.3 Å². The van der Waals surface area contributed by atoms with Gasteiger partial charge in [0.05, 0.1) is 6.61 Å². The topological polar surface area (TPSA) is 41.5 Å². The van der Waals surface area contributed by atoms with E-state index in [4.69, 9.17) is 4.74 Å². The van der Waals surface area contributed by atoms with Crippen molar-refractivity contribution >= 4 is 0 Å². The van der Waals surface area contributed by atoms with Crippen LogP contribution in [0.3, 0.4) is 0 Å². The molecule has 0 aromatic rings. The van der Waals surface area contributed by atoms with Crippen molar-refractivity contribution in [2.24, 2.45) is 5.92 Å². The van der Waals surface area contributed by atoms with Gasteiger partial charge in [0.2, 0.25) is 0 Å². The van der Waals surface area contributed by atoms with Gasteiger partial charge in [-0.3, -0.25) is 5.32 Å². The number of rotatable bonds is 9. The Morgan fingerprint density at radius 3 is 2.27 bits per heavy atom. The van der Waals surface area contributed by atoms with Crippen molar-refractivity contribution in [1.82, 2.24) is 5.32 Å². The molecule has 3 nitrogen and oxygen atoms in total. The standard InChI is InChI=1S/C12H27NO2/c1-5-12(15-6-2)13-11(9-14)8-7-10(3)4/h10-14H,5-9H2,1-4H3. The maximum absolute atomic E-state index is 9.23. The van der Waals surface area contributed by atoms with Crippen LogP contribution in [-0.2, 0) is 4.74 Å². The molecule has 0 bridgehead atoms. The van der Waals surface area contributed by atoms with Gasteiger partial charge in [0.1, 0.15) is 6.23 Å². The van der Waals surface area contributed by atoms with E-state index in [0.29, 0.717) is 12.5 Å². The highest BCUT2D eigenvalue weighted by atomic mass is 16.5. The Morgan fingerprint density at radius 2 is 1.87 bits per heavy atom. The van der Waals surface area contributed by atoms with E-state index in [1.165, 1.54) is 0 Å². The molecule has 3 heteroatoms. The minimum atomic E-state index is 0.0827. The smallest absolute Gasteiger partial charge is 0.108 e. The van der Waals surface area contributed by atoms with Crippen LogP contribution in [-0.4, -0.2) is 30.6 Å². The van der Waals surface area contributed by atoms with Crippen LogP contribution < -0.4 is 5.32 Å². The monoisotopic (exact) mass is 217 g/mol. The minimum Gasteiger partial charge on any atom is -0.395 e.